The Kier molecular flexibility index (Phi) is 5.89. The van der Waals surface area contributed by atoms with Crippen molar-refractivity contribution < 1.29 is 9.47 Å². The number of ether oxygens (including phenoxy) is 2. The molecular weight excluding hydrogens is 418 g/mol. The van der Waals surface area contributed by atoms with Gasteiger partial charge in [0.2, 0.25) is 4.77 Å². The van der Waals surface area contributed by atoms with Crippen molar-refractivity contribution in [3.8, 4) is 22.9 Å². The quantitative estimate of drug-likeness (QED) is 0.547. The van der Waals surface area contributed by atoms with Crippen LogP contribution in [-0.4, -0.2) is 33.6 Å². The molecule has 0 unspecified atom stereocenters. The minimum atomic E-state index is 0.469. The van der Waals surface area contributed by atoms with Crippen molar-refractivity contribution in [3.63, 3.8) is 0 Å². The normalized spacial score (nSPS) is 10.6. The number of rotatable bonds is 7. The molecule has 0 atom stereocenters. The molecule has 136 valence electrons. The van der Waals surface area contributed by atoms with Crippen LogP contribution in [0.1, 0.15) is 12.5 Å². The molecule has 0 fully saturated rings. The van der Waals surface area contributed by atoms with Crippen LogP contribution < -0.4 is 14.9 Å². The molecule has 7 nitrogen and oxygen atoms in total. The number of pyridine rings is 1. The molecule has 2 aromatic heterocycles. The first-order valence-corrected chi connectivity index (χ1v) is 9.15. The van der Waals surface area contributed by atoms with Crippen LogP contribution in [0.4, 0.5) is 0 Å². The Morgan fingerprint density at radius 2 is 2.08 bits per heavy atom. The largest absolute Gasteiger partial charge is 0.493 e. The van der Waals surface area contributed by atoms with Crippen LogP contribution in [0.5, 0.6) is 11.5 Å². The van der Waals surface area contributed by atoms with Crippen molar-refractivity contribution in [3.05, 3.63) is 51.5 Å². The molecule has 3 rings (SSSR count). The van der Waals surface area contributed by atoms with Crippen LogP contribution >= 0.6 is 28.1 Å². The Labute approximate surface area is 164 Å². The zero-order valence-corrected chi connectivity index (χ0v) is 16.7. The lowest BCUT2D eigenvalue weighted by atomic mass is 10.2. The van der Waals surface area contributed by atoms with Gasteiger partial charge in [-0.1, -0.05) is 15.9 Å². The molecule has 1 aromatic carbocycles. The van der Waals surface area contributed by atoms with E-state index >= 15 is 0 Å². The summed E-state index contributed by atoms with van der Waals surface area (Å²) in [6, 6.07) is 7.60. The van der Waals surface area contributed by atoms with Gasteiger partial charge in [0.25, 0.3) is 0 Å². The number of methoxy groups -OCH3 is 1. The van der Waals surface area contributed by atoms with Gasteiger partial charge >= 0.3 is 0 Å². The molecule has 0 amide bonds. The van der Waals surface area contributed by atoms with Gasteiger partial charge < -0.3 is 14.9 Å². The van der Waals surface area contributed by atoms with Gasteiger partial charge in [0, 0.05) is 28.0 Å². The van der Waals surface area contributed by atoms with Gasteiger partial charge in [-0.25, -0.2) is 9.77 Å². The van der Waals surface area contributed by atoms with Crippen LogP contribution in [0.2, 0.25) is 0 Å². The van der Waals surface area contributed by atoms with Crippen LogP contribution in [-0.2, 0) is 6.54 Å². The second kappa shape index (κ2) is 8.33. The maximum atomic E-state index is 5.78. The topological polar surface area (TPSA) is 77.0 Å². The highest BCUT2D eigenvalue weighted by atomic mass is 79.9. The summed E-state index contributed by atoms with van der Waals surface area (Å²) in [5.41, 5.74) is 5.13. The fourth-order valence-electron chi connectivity index (χ4n) is 2.52. The lowest BCUT2D eigenvalue weighted by Gasteiger charge is -2.16. The minimum absolute atomic E-state index is 0.469. The van der Waals surface area contributed by atoms with Gasteiger partial charge in [-0.15, -0.1) is 0 Å². The van der Waals surface area contributed by atoms with Crippen molar-refractivity contribution >= 4 is 28.1 Å². The van der Waals surface area contributed by atoms with E-state index < -0.39 is 0 Å². The average Bonchev–Trinajstić information content (AvgIpc) is 3.03. The van der Waals surface area contributed by atoms with Gasteiger partial charge in [0.05, 0.1) is 20.3 Å². The smallest absolute Gasteiger partial charge is 0.214 e. The first kappa shape index (κ1) is 18.4. The van der Waals surface area contributed by atoms with E-state index in [1.54, 1.807) is 24.2 Å². The van der Waals surface area contributed by atoms with Crippen molar-refractivity contribution in [2.45, 2.75) is 13.5 Å². The highest BCUT2D eigenvalue weighted by molar-refractivity contribution is 9.10. The Bertz CT molecular complexity index is 942. The Morgan fingerprint density at radius 1 is 1.31 bits per heavy atom. The number of nitrogens with one attached hydrogen (secondary N) is 2. The molecule has 2 heterocycles. The molecule has 26 heavy (non-hydrogen) atoms. The van der Waals surface area contributed by atoms with E-state index in [0.717, 1.165) is 15.6 Å². The lowest BCUT2D eigenvalue weighted by Crippen LogP contribution is -2.17. The van der Waals surface area contributed by atoms with Gasteiger partial charge in [-0.05, 0) is 43.4 Å². The van der Waals surface area contributed by atoms with E-state index in [2.05, 4.69) is 36.5 Å². The third-order valence-corrected chi connectivity index (χ3v) is 4.38. The Morgan fingerprint density at radius 3 is 2.77 bits per heavy atom. The molecule has 0 saturated carbocycles. The van der Waals surface area contributed by atoms with Crippen molar-refractivity contribution in [1.82, 2.24) is 19.9 Å². The van der Waals surface area contributed by atoms with Gasteiger partial charge in [0.15, 0.2) is 17.3 Å². The second-order valence-corrected chi connectivity index (χ2v) is 6.59. The van der Waals surface area contributed by atoms with Gasteiger partial charge in [0.1, 0.15) is 0 Å². The zero-order chi connectivity index (χ0) is 18.5. The van der Waals surface area contributed by atoms with E-state index in [-0.39, 0.29) is 0 Å². The van der Waals surface area contributed by atoms with E-state index in [0.29, 0.717) is 35.2 Å². The highest BCUT2D eigenvalue weighted by Gasteiger charge is 2.14. The molecule has 0 aliphatic heterocycles. The van der Waals surface area contributed by atoms with E-state index in [9.17, 15) is 0 Å². The van der Waals surface area contributed by atoms with Crippen LogP contribution in [0, 0.1) is 4.77 Å². The molecule has 0 aliphatic carbocycles. The predicted octanol–water partition coefficient (Wildman–Crippen LogP) is 3.92. The third kappa shape index (κ3) is 3.88. The number of H-pyrrole nitrogens is 1. The van der Waals surface area contributed by atoms with Crippen LogP contribution in [0.15, 0.2) is 41.1 Å². The fourth-order valence-corrected chi connectivity index (χ4v) is 3.20. The van der Waals surface area contributed by atoms with Crippen molar-refractivity contribution in [2.24, 2.45) is 0 Å². The molecule has 0 bridgehead atoms. The predicted molar refractivity (Wildman–Crippen MR) is 106 cm³/mol. The Hall–Kier alpha value is -2.39. The number of hydrogen-bond donors (Lipinski definition) is 2. The first-order valence-electron chi connectivity index (χ1n) is 7.95. The molecule has 2 N–H and O–H groups in total. The summed E-state index contributed by atoms with van der Waals surface area (Å²) in [5.74, 6) is 2.05. The van der Waals surface area contributed by atoms with Crippen molar-refractivity contribution in [1.29, 1.82) is 0 Å². The average molecular weight is 436 g/mol. The zero-order valence-electron chi connectivity index (χ0n) is 14.3. The molecular formula is C17H18BrN5O2S. The molecule has 0 aliphatic rings. The standard InChI is InChI=1S/C17H18BrN5O2S/c1-3-25-15-12(8-13(18)9-14(15)24-2)10-20-23-16(21-22-17(23)26)11-4-6-19-7-5-11/h4-9,20H,3,10H2,1-2H3,(H,22,26). The minimum Gasteiger partial charge on any atom is -0.493 e. The molecule has 9 heteroatoms. The molecule has 0 spiro atoms. The monoisotopic (exact) mass is 435 g/mol. The number of hydrogen-bond acceptors (Lipinski definition) is 6. The SMILES string of the molecule is CCOc1c(CNn2c(-c3ccncc3)n[nH]c2=S)cc(Br)cc1OC. The number of nitrogens with zero attached hydrogens (tertiary/aromatic N) is 3. The summed E-state index contributed by atoms with van der Waals surface area (Å²) in [7, 11) is 1.62. The molecule has 3 aromatic rings. The second-order valence-electron chi connectivity index (χ2n) is 5.29. The van der Waals surface area contributed by atoms with Gasteiger partial charge in [-0.3, -0.25) is 4.98 Å². The van der Waals surface area contributed by atoms with Crippen LogP contribution in [0.25, 0.3) is 11.4 Å². The number of aromatic nitrogens is 4. The summed E-state index contributed by atoms with van der Waals surface area (Å²) >= 11 is 8.86. The first-order chi connectivity index (χ1) is 12.6. The number of halogens is 1. The highest BCUT2D eigenvalue weighted by Crippen LogP contribution is 2.35. The summed E-state index contributed by atoms with van der Waals surface area (Å²) in [4.78, 5) is 4.03. The summed E-state index contributed by atoms with van der Waals surface area (Å²) in [5, 5.41) is 7.11. The van der Waals surface area contributed by atoms with E-state index in [1.165, 1.54) is 0 Å². The number of aromatic amines is 1. The Balaban J connectivity index is 1.92. The number of benzene rings is 1. The summed E-state index contributed by atoms with van der Waals surface area (Å²) in [6.07, 6.45) is 3.42. The molecule has 0 saturated heterocycles. The van der Waals surface area contributed by atoms with Crippen LogP contribution in [0.3, 0.4) is 0 Å². The van der Waals surface area contributed by atoms with Gasteiger partial charge in [-0.2, -0.15) is 5.10 Å². The maximum absolute atomic E-state index is 5.78. The van der Waals surface area contributed by atoms with E-state index in [1.807, 2.05) is 31.2 Å². The molecule has 0 radical (unpaired) electrons. The fraction of sp³-hybridized carbons (Fsp3) is 0.235. The summed E-state index contributed by atoms with van der Waals surface area (Å²) in [6.45, 7) is 2.95. The van der Waals surface area contributed by atoms with E-state index in [4.69, 9.17) is 21.7 Å². The lowest BCUT2D eigenvalue weighted by molar-refractivity contribution is 0.307. The summed E-state index contributed by atoms with van der Waals surface area (Å²) < 4.78 is 14.3. The maximum Gasteiger partial charge on any atom is 0.214 e. The third-order valence-electron chi connectivity index (χ3n) is 3.64. The van der Waals surface area contributed by atoms with Crippen molar-refractivity contribution in [2.75, 3.05) is 19.1 Å².